The lowest BCUT2D eigenvalue weighted by atomic mass is 9.97. The molecule has 0 bridgehead atoms. The Morgan fingerprint density at radius 2 is 2.00 bits per heavy atom. The molecule has 0 aromatic heterocycles. The molecular formula is C17H22N2O5. The fourth-order valence-corrected chi connectivity index (χ4v) is 2.04. The van der Waals surface area contributed by atoms with Crippen LogP contribution < -0.4 is 5.32 Å². The molecule has 2 N–H and O–H groups in total. The van der Waals surface area contributed by atoms with Crippen LogP contribution in [0.25, 0.3) is 0 Å². The van der Waals surface area contributed by atoms with Gasteiger partial charge in [0.1, 0.15) is 0 Å². The van der Waals surface area contributed by atoms with Crippen molar-refractivity contribution in [1.82, 2.24) is 5.32 Å². The lowest BCUT2D eigenvalue weighted by molar-refractivity contribution is -0.154. The van der Waals surface area contributed by atoms with Crippen molar-refractivity contribution in [3.63, 3.8) is 0 Å². The minimum absolute atomic E-state index is 0.0868. The topological polar surface area (TPSA) is 109 Å². The Balaban J connectivity index is 3.01. The quantitative estimate of drug-likeness (QED) is 0.556. The molecule has 7 nitrogen and oxygen atoms in total. The number of hydrogen-bond acceptors (Lipinski definition) is 6. The summed E-state index contributed by atoms with van der Waals surface area (Å²) in [6, 6.07) is 7.21. The van der Waals surface area contributed by atoms with Gasteiger partial charge in [-0.15, -0.1) is 0 Å². The van der Waals surface area contributed by atoms with Gasteiger partial charge in [0.2, 0.25) is 0 Å². The number of carbonyl (C=O) groups excluding carboxylic acids is 2. The molecule has 1 aromatic rings. The van der Waals surface area contributed by atoms with Crippen LogP contribution in [0.3, 0.4) is 0 Å². The molecule has 0 aliphatic carbocycles. The first-order chi connectivity index (χ1) is 11.5. The number of alkyl carbamates (subject to hydrolysis) is 1. The predicted molar refractivity (Wildman–Crippen MR) is 85.9 cm³/mol. The lowest BCUT2D eigenvalue weighted by Gasteiger charge is -2.23. The first kappa shape index (κ1) is 19.5. The van der Waals surface area contributed by atoms with Crippen LogP contribution in [0.2, 0.25) is 0 Å². The number of nitrogens with one attached hydrogen (secondary N) is 1. The van der Waals surface area contributed by atoms with Gasteiger partial charge in [0.05, 0.1) is 30.9 Å². The van der Waals surface area contributed by atoms with Crippen LogP contribution >= 0.6 is 0 Å². The normalized spacial score (nSPS) is 12.6. The van der Waals surface area contributed by atoms with E-state index in [2.05, 4.69) is 5.32 Å². The maximum absolute atomic E-state index is 11.9. The summed E-state index contributed by atoms with van der Waals surface area (Å²) < 4.78 is 9.80. The van der Waals surface area contributed by atoms with Gasteiger partial charge < -0.3 is 19.9 Å². The van der Waals surface area contributed by atoms with Crippen molar-refractivity contribution < 1.29 is 24.2 Å². The molecule has 0 fully saturated rings. The van der Waals surface area contributed by atoms with Crippen LogP contribution in [0.5, 0.6) is 0 Å². The van der Waals surface area contributed by atoms with Crippen molar-refractivity contribution in [3.8, 4) is 6.07 Å². The molecular weight excluding hydrogens is 312 g/mol. The maximum Gasteiger partial charge on any atom is 0.407 e. The van der Waals surface area contributed by atoms with Crippen LogP contribution in [0.4, 0.5) is 4.79 Å². The van der Waals surface area contributed by atoms with Crippen molar-refractivity contribution in [3.05, 3.63) is 35.4 Å². The second-order valence-electron chi connectivity index (χ2n) is 5.01. The average Bonchev–Trinajstić information content (AvgIpc) is 2.59. The van der Waals surface area contributed by atoms with E-state index in [9.17, 15) is 20.0 Å². The molecule has 0 radical (unpaired) electrons. The second kappa shape index (κ2) is 10.2. The van der Waals surface area contributed by atoms with Gasteiger partial charge in [-0.25, -0.2) is 9.59 Å². The highest BCUT2D eigenvalue weighted by Gasteiger charge is 2.32. The number of ether oxygens (including phenoxy) is 2. The maximum atomic E-state index is 11.9. The van der Waals surface area contributed by atoms with Crippen LogP contribution in [-0.4, -0.2) is 36.5 Å². The minimum atomic E-state index is -1.65. The molecule has 24 heavy (non-hydrogen) atoms. The van der Waals surface area contributed by atoms with Crippen molar-refractivity contribution in [1.29, 1.82) is 5.26 Å². The summed E-state index contributed by atoms with van der Waals surface area (Å²) in [6.07, 6.45) is -0.866. The van der Waals surface area contributed by atoms with Gasteiger partial charge in [0.15, 0.2) is 6.10 Å². The Labute approximate surface area is 141 Å². The number of hydrogen-bond donors (Lipinski definition) is 2. The van der Waals surface area contributed by atoms with Gasteiger partial charge in [-0.1, -0.05) is 31.5 Å². The highest BCUT2D eigenvalue weighted by molar-refractivity contribution is 5.77. The number of unbranched alkanes of at least 4 members (excludes halogenated alkanes) is 1. The van der Waals surface area contributed by atoms with E-state index in [4.69, 9.17) is 9.47 Å². The fraction of sp³-hybridized carbons (Fsp3) is 0.471. The molecule has 0 spiro atoms. The first-order valence-electron chi connectivity index (χ1n) is 7.82. The third-order valence-electron chi connectivity index (χ3n) is 3.26. The van der Waals surface area contributed by atoms with E-state index in [1.165, 1.54) is 6.07 Å². The molecule has 2 atom stereocenters. The Bertz CT molecular complexity index is 597. The molecule has 130 valence electrons. The van der Waals surface area contributed by atoms with Crippen molar-refractivity contribution in [2.75, 3.05) is 13.2 Å². The smallest absolute Gasteiger partial charge is 0.407 e. The minimum Gasteiger partial charge on any atom is -0.464 e. The standard InChI is InChI=1S/C17H22N2O5/c1-3-5-10-24-17(22)19-14(15(20)16(21)23-4-2)13-9-7-6-8-12(13)11-18/h6-9,14-15,20H,3-5,10H2,1-2H3,(H,19,22)/t14-,15+/m1/s1. The number of nitrogens with zero attached hydrogens (tertiary/aromatic N) is 1. The van der Waals surface area contributed by atoms with Gasteiger partial charge in [0, 0.05) is 0 Å². The summed E-state index contributed by atoms with van der Waals surface area (Å²) >= 11 is 0. The number of rotatable bonds is 8. The number of aliphatic hydroxyl groups is 1. The number of benzene rings is 1. The van der Waals surface area contributed by atoms with Crippen LogP contribution in [-0.2, 0) is 14.3 Å². The van der Waals surface area contributed by atoms with Gasteiger partial charge in [-0.05, 0) is 25.0 Å². The Morgan fingerprint density at radius 3 is 2.62 bits per heavy atom. The molecule has 0 aliphatic rings. The Kier molecular flexibility index (Phi) is 8.30. The molecule has 1 rings (SSSR count). The van der Waals surface area contributed by atoms with E-state index in [0.717, 1.165) is 6.42 Å². The molecule has 0 saturated heterocycles. The lowest BCUT2D eigenvalue weighted by Crippen LogP contribution is -2.41. The summed E-state index contributed by atoms with van der Waals surface area (Å²) in [6.45, 7) is 3.88. The van der Waals surface area contributed by atoms with E-state index in [1.807, 2.05) is 13.0 Å². The fourth-order valence-electron chi connectivity index (χ4n) is 2.04. The van der Waals surface area contributed by atoms with Gasteiger partial charge >= 0.3 is 12.1 Å². The summed E-state index contributed by atoms with van der Waals surface area (Å²) in [5, 5.41) is 21.9. The largest absolute Gasteiger partial charge is 0.464 e. The van der Waals surface area contributed by atoms with E-state index >= 15 is 0 Å². The highest BCUT2D eigenvalue weighted by atomic mass is 16.6. The number of carbonyl (C=O) groups is 2. The molecule has 1 amide bonds. The molecule has 0 aliphatic heterocycles. The second-order valence-corrected chi connectivity index (χ2v) is 5.01. The summed E-state index contributed by atoms with van der Waals surface area (Å²) in [5.74, 6) is -0.885. The van der Waals surface area contributed by atoms with Crippen molar-refractivity contribution >= 4 is 12.1 Å². The number of nitriles is 1. The summed E-state index contributed by atoms with van der Waals surface area (Å²) in [5.41, 5.74) is 0.549. The monoisotopic (exact) mass is 334 g/mol. The van der Waals surface area contributed by atoms with Crippen LogP contribution in [0.15, 0.2) is 24.3 Å². The van der Waals surface area contributed by atoms with Gasteiger partial charge in [-0.2, -0.15) is 5.26 Å². The number of aliphatic hydroxyl groups excluding tert-OH is 1. The van der Waals surface area contributed by atoms with Gasteiger partial charge in [0.25, 0.3) is 0 Å². The van der Waals surface area contributed by atoms with Crippen molar-refractivity contribution in [2.24, 2.45) is 0 Å². The molecule has 0 heterocycles. The third kappa shape index (κ3) is 5.56. The van der Waals surface area contributed by atoms with E-state index in [-0.39, 0.29) is 18.8 Å². The zero-order valence-electron chi connectivity index (χ0n) is 13.8. The predicted octanol–water partition coefficient (Wildman–Crippen LogP) is 2.05. The zero-order valence-corrected chi connectivity index (χ0v) is 13.8. The molecule has 0 saturated carbocycles. The number of amides is 1. The van der Waals surface area contributed by atoms with Gasteiger partial charge in [-0.3, -0.25) is 0 Å². The zero-order chi connectivity index (χ0) is 17.9. The molecule has 7 heteroatoms. The van der Waals surface area contributed by atoms with Crippen molar-refractivity contribution in [2.45, 2.75) is 38.8 Å². The highest BCUT2D eigenvalue weighted by Crippen LogP contribution is 2.22. The van der Waals surface area contributed by atoms with Crippen LogP contribution in [0.1, 0.15) is 43.9 Å². The van der Waals surface area contributed by atoms with E-state index < -0.39 is 24.2 Å². The van der Waals surface area contributed by atoms with E-state index in [0.29, 0.717) is 12.0 Å². The van der Waals surface area contributed by atoms with Crippen LogP contribution in [0, 0.1) is 11.3 Å². The Hall–Kier alpha value is -2.59. The average molecular weight is 334 g/mol. The molecule has 1 aromatic carbocycles. The first-order valence-corrected chi connectivity index (χ1v) is 7.82. The third-order valence-corrected chi connectivity index (χ3v) is 3.26. The SMILES string of the molecule is CCCCOC(=O)N[C@H](c1ccccc1C#N)[C@H](O)C(=O)OCC. The Morgan fingerprint density at radius 1 is 1.29 bits per heavy atom. The summed E-state index contributed by atoms with van der Waals surface area (Å²) in [7, 11) is 0. The van der Waals surface area contributed by atoms with E-state index in [1.54, 1.807) is 25.1 Å². The molecule has 0 unspecified atom stereocenters. The number of esters is 1. The summed E-state index contributed by atoms with van der Waals surface area (Å²) in [4.78, 5) is 23.8.